The van der Waals surface area contributed by atoms with Gasteiger partial charge in [-0.25, -0.2) is 0 Å². The van der Waals surface area contributed by atoms with Gasteiger partial charge in [-0.3, -0.25) is 4.79 Å². The van der Waals surface area contributed by atoms with Crippen molar-refractivity contribution in [2.24, 2.45) is 0 Å². The van der Waals surface area contributed by atoms with Gasteiger partial charge in [0.25, 0.3) is 0 Å². The Morgan fingerprint density at radius 1 is 0.463 bits per heavy atom. The number of carboxylic acids is 2. The van der Waals surface area contributed by atoms with E-state index in [0.717, 1.165) is 6.41 Å². The number of rotatable bonds is 9. The first-order chi connectivity index (χ1) is 24.5. The summed E-state index contributed by atoms with van der Waals surface area (Å²) in [5.74, 6) is -2.65. The van der Waals surface area contributed by atoms with Gasteiger partial charge in [0.05, 0.1) is 11.9 Å². The number of carboxylic acid groups (broad SMARTS) is 2. The van der Waals surface area contributed by atoms with Crippen molar-refractivity contribution in [3.05, 3.63) is 181 Å². The standard InChI is InChI=1S/2C19H15O3P.C3H7NO.Cu.2H2O/c2*20-19(21)17-13-7-8-14-18(17)23(22,15-9-3-1-4-10-15)16-11-5-2-6-12-16;1-4(2)3-5;;;/h2*1-14H,(H,20,21);3H,1-2H3;;2*1H2/q;;;+2;;. The second-order valence-corrected chi connectivity index (χ2v) is 16.7. The maximum Gasteiger partial charge on any atom is 2.00 e. The van der Waals surface area contributed by atoms with Crippen LogP contribution in [0.2, 0.25) is 0 Å². The fourth-order valence-electron chi connectivity index (χ4n) is 5.25. The summed E-state index contributed by atoms with van der Waals surface area (Å²) in [7, 11) is -3.20. The zero-order valence-electron chi connectivity index (χ0n) is 29.4. The van der Waals surface area contributed by atoms with Gasteiger partial charge in [0, 0.05) is 57.0 Å². The number of carbonyl (C=O) groups is 3. The number of carbonyl (C=O) groups excluding carboxylic acids is 3. The van der Waals surface area contributed by atoms with Crippen LogP contribution < -0.4 is 42.0 Å². The molecular formula is C41H41CuNO9P2+2. The van der Waals surface area contributed by atoms with Crippen LogP contribution >= 0.6 is 14.3 Å². The molecule has 0 bridgehead atoms. The molecule has 0 spiro atoms. The summed E-state index contributed by atoms with van der Waals surface area (Å²) in [6, 6.07) is 48.5. The summed E-state index contributed by atoms with van der Waals surface area (Å²) >= 11 is 0. The summed E-state index contributed by atoms with van der Waals surface area (Å²) in [6.45, 7) is 0. The molecule has 0 heterocycles. The predicted octanol–water partition coefficient (Wildman–Crippen LogP) is 1.24. The third-order valence-corrected chi connectivity index (χ3v) is 13.9. The first-order valence-corrected chi connectivity index (χ1v) is 19.1. The minimum absolute atomic E-state index is 0. The SMILES string of the molecule is CN(C)C=O.O=C([O-])c1ccccc1P(=O)(c1ccccc1)c1ccccc1.O=C([O-])c1ccccc1P(=O)(c1ccccc1)c1ccccc1.[Cu+2].[OH3+].[OH3+]. The number of benzene rings is 6. The summed E-state index contributed by atoms with van der Waals surface area (Å²) in [6.07, 6.45) is 0.750. The normalized spacial score (nSPS) is 10.1. The van der Waals surface area contributed by atoms with Gasteiger partial charge in [0.1, 0.15) is 0 Å². The predicted molar refractivity (Wildman–Crippen MR) is 210 cm³/mol. The van der Waals surface area contributed by atoms with E-state index in [2.05, 4.69) is 0 Å². The van der Waals surface area contributed by atoms with Gasteiger partial charge in [0.2, 0.25) is 6.41 Å². The Bertz CT molecular complexity index is 1930. The van der Waals surface area contributed by atoms with E-state index in [0.29, 0.717) is 21.2 Å². The van der Waals surface area contributed by atoms with Gasteiger partial charge in [0.15, 0.2) is 14.3 Å². The van der Waals surface area contributed by atoms with E-state index in [1.165, 1.54) is 17.0 Å². The molecule has 54 heavy (non-hydrogen) atoms. The van der Waals surface area contributed by atoms with Gasteiger partial charge in [-0.15, -0.1) is 0 Å². The van der Waals surface area contributed by atoms with Crippen LogP contribution in [0.5, 0.6) is 0 Å². The number of hydrogen-bond acceptors (Lipinski definition) is 7. The van der Waals surface area contributed by atoms with Crippen LogP contribution in [0.15, 0.2) is 170 Å². The second-order valence-electron chi connectivity index (χ2n) is 11.2. The molecule has 1 radical (unpaired) electrons. The second kappa shape index (κ2) is 22.0. The van der Waals surface area contributed by atoms with Crippen molar-refractivity contribution >= 4 is 64.5 Å². The van der Waals surface area contributed by atoms with Crippen LogP contribution in [0.1, 0.15) is 20.7 Å². The molecule has 6 N–H and O–H groups in total. The zero-order chi connectivity index (χ0) is 36.9. The molecular weight excluding hydrogens is 776 g/mol. The topological polar surface area (TPSA) is 201 Å². The van der Waals surface area contributed by atoms with Crippen LogP contribution in [-0.2, 0) is 41.9 Å². The molecule has 0 fully saturated rings. The molecule has 0 aromatic heterocycles. The average molecular weight is 817 g/mol. The summed E-state index contributed by atoms with van der Waals surface area (Å²) < 4.78 is 28.1. The van der Waals surface area contributed by atoms with Crippen molar-refractivity contribution in [2.75, 3.05) is 14.1 Å². The molecule has 1 amide bonds. The third kappa shape index (κ3) is 10.8. The third-order valence-electron chi connectivity index (χ3n) is 7.62. The number of amides is 1. The summed E-state index contributed by atoms with van der Waals surface area (Å²) in [4.78, 5) is 33.9. The van der Waals surface area contributed by atoms with E-state index in [9.17, 15) is 33.7 Å². The quantitative estimate of drug-likeness (QED) is 0.0904. The van der Waals surface area contributed by atoms with Crippen LogP contribution in [0, 0.1) is 0 Å². The summed E-state index contributed by atoms with van der Waals surface area (Å²) in [5, 5.41) is 26.0. The van der Waals surface area contributed by atoms with Crippen LogP contribution in [-0.4, -0.2) is 37.3 Å². The average Bonchev–Trinajstić information content (AvgIpc) is 3.19. The zero-order valence-corrected chi connectivity index (χ0v) is 32.1. The van der Waals surface area contributed by atoms with Gasteiger partial charge in [-0.1, -0.05) is 170 Å². The Kier molecular flexibility index (Phi) is 19.0. The molecule has 6 aromatic rings. The van der Waals surface area contributed by atoms with Crippen LogP contribution in [0.4, 0.5) is 0 Å². The molecule has 0 aliphatic carbocycles. The molecule has 13 heteroatoms. The molecule has 0 saturated carbocycles. The molecule has 0 saturated heterocycles. The number of aromatic carboxylic acids is 2. The Balaban J connectivity index is 0.000000458. The van der Waals surface area contributed by atoms with Gasteiger partial charge in [-0.05, 0) is 0 Å². The van der Waals surface area contributed by atoms with Crippen molar-refractivity contribution in [3.63, 3.8) is 0 Å². The number of hydrogen-bond donors (Lipinski definition) is 0. The van der Waals surface area contributed by atoms with E-state index < -0.39 is 26.2 Å². The minimum Gasteiger partial charge on any atom is -0.545 e. The Hall–Kier alpha value is -5.37. The summed E-state index contributed by atoms with van der Waals surface area (Å²) in [5.41, 5.74) is -0.0768. The molecule has 0 aliphatic rings. The molecule has 0 atom stereocenters. The minimum atomic E-state index is -3.29. The van der Waals surface area contributed by atoms with Gasteiger partial charge in [-0.2, -0.15) is 0 Å². The first-order valence-electron chi connectivity index (χ1n) is 15.7. The van der Waals surface area contributed by atoms with Crippen LogP contribution in [0.3, 0.4) is 0 Å². The molecule has 0 aliphatic heterocycles. The van der Waals surface area contributed by atoms with E-state index >= 15 is 0 Å². The van der Waals surface area contributed by atoms with Crippen molar-refractivity contribution in [3.8, 4) is 0 Å². The molecule has 6 rings (SSSR count). The largest absolute Gasteiger partial charge is 2.00 e. The van der Waals surface area contributed by atoms with Crippen molar-refractivity contribution in [2.45, 2.75) is 0 Å². The first kappa shape index (κ1) is 46.7. The molecule has 283 valence electrons. The van der Waals surface area contributed by atoms with Gasteiger partial charge < -0.3 is 44.8 Å². The molecule has 10 nitrogen and oxygen atoms in total. The molecule has 0 unspecified atom stereocenters. The Labute approximate surface area is 325 Å². The van der Waals surface area contributed by atoms with E-state index in [1.54, 1.807) is 148 Å². The smallest absolute Gasteiger partial charge is 0.545 e. The van der Waals surface area contributed by atoms with Crippen LogP contribution in [0.25, 0.3) is 0 Å². The fraction of sp³-hybridized carbons (Fsp3) is 0.0488. The van der Waals surface area contributed by atoms with E-state index in [-0.39, 0.29) is 49.8 Å². The Morgan fingerprint density at radius 2 is 0.667 bits per heavy atom. The van der Waals surface area contributed by atoms with Crippen molar-refractivity contribution in [1.82, 2.24) is 4.90 Å². The Morgan fingerprint density at radius 3 is 0.870 bits per heavy atom. The maximum absolute atomic E-state index is 14.1. The van der Waals surface area contributed by atoms with Gasteiger partial charge >= 0.3 is 17.1 Å². The van der Waals surface area contributed by atoms with E-state index in [4.69, 9.17) is 0 Å². The molecule has 6 aromatic carbocycles. The fourth-order valence-corrected chi connectivity index (χ4v) is 10.9. The van der Waals surface area contributed by atoms with E-state index in [1.807, 2.05) is 24.3 Å². The maximum atomic E-state index is 14.1. The van der Waals surface area contributed by atoms with Crippen molar-refractivity contribution in [1.29, 1.82) is 0 Å². The number of nitrogens with zero attached hydrogens (tertiary/aromatic N) is 1. The monoisotopic (exact) mass is 816 g/mol. The van der Waals surface area contributed by atoms with Crippen molar-refractivity contribution < 1.29 is 61.7 Å².